The molecule has 0 aromatic carbocycles. The third kappa shape index (κ3) is 28.1. The van der Waals surface area contributed by atoms with Crippen LogP contribution in [0.3, 0.4) is 0 Å². The molecule has 0 saturated heterocycles. The van der Waals surface area contributed by atoms with Crippen molar-refractivity contribution in [3.05, 3.63) is 0 Å². The summed E-state index contributed by atoms with van der Waals surface area (Å²) in [6, 6.07) is 0. The van der Waals surface area contributed by atoms with E-state index in [4.69, 9.17) is 4.55 Å². The molecule has 1 N–H and O–H groups in total. The van der Waals surface area contributed by atoms with Crippen LogP contribution >= 0.6 is 0 Å². The number of unbranched alkanes of at least 4 members (excludes halogenated alkanes) is 11. The molecule has 0 unspecified atom stereocenters. The standard InChI is InChI=1S/C11H24.C6H14O4S/c1-3-5-7-9-11-10-8-6-4-2;1-2-3-4-5-6-10-11(7,8)9/h3-11H2,1-2H3;2-6H2,1H3,(H,7,8,9). The third-order valence-electron chi connectivity index (χ3n) is 3.44. The molecule has 0 fully saturated rings. The highest BCUT2D eigenvalue weighted by Gasteiger charge is 2.01. The van der Waals surface area contributed by atoms with Crippen molar-refractivity contribution in [3.63, 3.8) is 0 Å². The molecular weight excluding hydrogens is 300 g/mol. The maximum absolute atomic E-state index is 10.00. The molecule has 0 aliphatic carbocycles. The van der Waals surface area contributed by atoms with Crippen molar-refractivity contribution in [3.8, 4) is 0 Å². The van der Waals surface area contributed by atoms with E-state index in [2.05, 4.69) is 25.0 Å². The second-order valence-corrected chi connectivity index (χ2v) is 6.88. The quantitative estimate of drug-likeness (QED) is 0.315. The summed E-state index contributed by atoms with van der Waals surface area (Å²) in [7, 11) is -4.21. The van der Waals surface area contributed by atoms with Crippen molar-refractivity contribution in [2.75, 3.05) is 6.61 Å². The van der Waals surface area contributed by atoms with Crippen LogP contribution in [-0.2, 0) is 14.6 Å². The largest absolute Gasteiger partial charge is 0.397 e. The van der Waals surface area contributed by atoms with Crippen LogP contribution in [0, 0.1) is 0 Å². The highest BCUT2D eigenvalue weighted by molar-refractivity contribution is 7.80. The zero-order valence-corrected chi connectivity index (χ0v) is 15.8. The Kier molecular flexibility index (Phi) is 20.7. The highest BCUT2D eigenvalue weighted by Crippen LogP contribution is 2.08. The maximum Gasteiger partial charge on any atom is 0.397 e. The van der Waals surface area contributed by atoms with E-state index in [1.165, 1.54) is 57.8 Å². The van der Waals surface area contributed by atoms with Gasteiger partial charge < -0.3 is 0 Å². The van der Waals surface area contributed by atoms with Crippen molar-refractivity contribution in [2.45, 2.75) is 104 Å². The molecule has 0 aliphatic rings. The fourth-order valence-corrected chi connectivity index (χ4v) is 2.41. The average Bonchev–Trinajstić information content (AvgIpc) is 2.46. The van der Waals surface area contributed by atoms with Crippen LogP contribution in [0.2, 0.25) is 0 Å². The molecule has 4 nitrogen and oxygen atoms in total. The van der Waals surface area contributed by atoms with E-state index in [0.29, 0.717) is 6.42 Å². The van der Waals surface area contributed by atoms with Gasteiger partial charge in [-0.15, -0.1) is 0 Å². The van der Waals surface area contributed by atoms with Gasteiger partial charge in [-0.25, -0.2) is 4.18 Å². The lowest BCUT2D eigenvalue weighted by molar-refractivity contribution is 0.261. The summed E-state index contributed by atoms with van der Waals surface area (Å²) in [6.07, 6.45) is 16.7. The van der Waals surface area contributed by atoms with Crippen LogP contribution in [0.4, 0.5) is 0 Å². The number of rotatable bonds is 14. The van der Waals surface area contributed by atoms with Gasteiger partial charge in [-0.3, -0.25) is 4.55 Å². The highest BCUT2D eigenvalue weighted by atomic mass is 32.3. The zero-order chi connectivity index (χ0) is 17.1. The fourth-order valence-electron chi connectivity index (χ4n) is 2.08. The van der Waals surface area contributed by atoms with E-state index in [9.17, 15) is 8.42 Å². The van der Waals surface area contributed by atoms with Gasteiger partial charge in [0.1, 0.15) is 0 Å². The van der Waals surface area contributed by atoms with E-state index in [1.54, 1.807) is 0 Å². The van der Waals surface area contributed by atoms with Crippen LogP contribution in [0.5, 0.6) is 0 Å². The first-order valence-corrected chi connectivity index (χ1v) is 10.5. The van der Waals surface area contributed by atoms with Crippen molar-refractivity contribution in [1.29, 1.82) is 0 Å². The minimum atomic E-state index is -4.21. The molecule has 0 aromatic heterocycles. The Bertz CT molecular complexity index is 281. The van der Waals surface area contributed by atoms with Gasteiger partial charge in [-0.1, -0.05) is 97.8 Å². The molecular formula is C17H38O4S. The topological polar surface area (TPSA) is 63.6 Å². The summed E-state index contributed by atoms with van der Waals surface area (Å²) in [5.41, 5.74) is 0. The summed E-state index contributed by atoms with van der Waals surface area (Å²) >= 11 is 0. The van der Waals surface area contributed by atoms with Gasteiger partial charge in [0.2, 0.25) is 0 Å². The summed E-state index contributed by atoms with van der Waals surface area (Å²) < 4.78 is 32.2. The molecule has 0 rings (SSSR count). The molecule has 0 saturated carbocycles. The SMILES string of the molecule is CCCCCCCCCCC.CCCCCCOS(=O)(=O)O. The molecule has 0 atom stereocenters. The Morgan fingerprint density at radius 3 is 1.27 bits per heavy atom. The van der Waals surface area contributed by atoms with E-state index < -0.39 is 10.4 Å². The first kappa shape index (κ1) is 24.1. The normalized spacial score (nSPS) is 11.1. The van der Waals surface area contributed by atoms with Crippen molar-refractivity contribution >= 4 is 10.4 Å². The van der Waals surface area contributed by atoms with Gasteiger partial charge in [0.15, 0.2) is 0 Å². The van der Waals surface area contributed by atoms with Crippen molar-refractivity contribution < 1.29 is 17.2 Å². The van der Waals surface area contributed by atoms with Gasteiger partial charge in [-0.2, -0.15) is 8.42 Å². The van der Waals surface area contributed by atoms with Gasteiger partial charge in [0.25, 0.3) is 0 Å². The summed E-state index contributed by atoms with van der Waals surface area (Å²) in [6.45, 7) is 6.69. The molecule has 0 heterocycles. The molecule has 136 valence electrons. The van der Waals surface area contributed by atoms with Crippen LogP contribution in [-0.4, -0.2) is 19.6 Å². The molecule has 5 heteroatoms. The van der Waals surface area contributed by atoms with Crippen LogP contribution in [0.1, 0.15) is 104 Å². The Balaban J connectivity index is 0. The predicted molar refractivity (Wildman–Crippen MR) is 94.5 cm³/mol. The summed E-state index contributed by atoms with van der Waals surface area (Å²) in [5.74, 6) is 0. The molecule has 0 aliphatic heterocycles. The number of hydrogen-bond donors (Lipinski definition) is 1. The monoisotopic (exact) mass is 338 g/mol. The lowest BCUT2D eigenvalue weighted by atomic mass is 10.1. The van der Waals surface area contributed by atoms with Crippen LogP contribution in [0.15, 0.2) is 0 Å². The maximum atomic E-state index is 10.00. The second-order valence-electron chi connectivity index (χ2n) is 5.79. The molecule has 0 amide bonds. The van der Waals surface area contributed by atoms with E-state index >= 15 is 0 Å². The first-order chi connectivity index (χ1) is 10.5. The first-order valence-electron chi connectivity index (χ1n) is 9.09. The third-order valence-corrected chi connectivity index (χ3v) is 3.90. The lowest BCUT2D eigenvalue weighted by Crippen LogP contribution is -2.04. The summed E-state index contributed by atoms with van der Waals surface area (Å²) in [5, 5.41) is 0. The van der Waals surface area contributed by atoms with E-state index in [-0.39, 0.29) is 6.61 Å². The second kappa shape index (κ2) is 18.9. The molecule has 0 bridgehead atoms. The summed E-state index contributed by atoms with van der Waals surface area (Å²) in [4.78, 5) is 0. The van der Waals surface area contributed by atoms with Gasteiger partial charge >= 0.3 is 10.4 Å². The van der Waals surface area contributed by atoms with Crippen LogP contribution < -0.4 is 0 Å². The smallest absolute Gasteiger partial charge is 0.264 e. The van der Waals surface area contributed by atoms with Gasteiger partial charge in [-0.05, 0) is 6.42 Å². The average molecular weight is 339 g/mol. The minimum Gasteiger partial charge on any atom is -0.264 e. The Morgan fingerprint density at radius 2 is 0.955 bits per heavy atom. The van der Waals surface area contributed by atoms with Gasteiger partial charge in [0, 0.05) is 0 Å². The molecule has 22 heavy (non-hydrogen) atoms. The molecule has 0 spiro atoms. The Hall–Kier alpha value is -0.130. The predicted octanol–water partition coefficient (Wildman–Crippen LogP) is 5.92. The molecule has 0 aromatic rings. The number of hydrogen-bond acceptors (Lipinski definition) is 3. The minimum absolute atomic E-state index is 0.0822. The lowest BCUT2D eigenvalue weighted by Gasteiger charge is -1.98. The Morgan fingerprint density at radius 1 is 0.636 bits per heavy atom. The zero-order valence-electron chi connectivity index (χ0n) is 15.0. The fraction of sp³-hybridized carbons (Fsp3) is 1.00. The van der Waals surface area contributed by atoms with E-state index in [1.807, 2.05) is 0 Å². The molecule has 0 radical (unpaired) electrons. The Labute approximate surface area is 139 Å². The van der Waals surface area contributed by atoms with Crippen molar-refractivity contribution in [2.24, 2.45) is 0 Å². The van der Waals surface area contributed by atoms with Crippen LogP contribution in [0.25, 0.3) is 0 Å². The van der Waals surface area contributed by atoms with Gasteiger partial charge in [0.05, 0.1) is 6.61 Å². The van der Waals surface area contributed by atoms with E-state index in [0.717, 1.165) is 19.3 Å². The van der Waals surface area contributed by atoms with Crippen molar-refractivity contribution in [1.82, 2.24) is 0 Å².